The van der Waals surface area contributed by atoms with Gasteiger partial charge in [-0.25, -0.2) is 0 Å². The SMILES string of the molecule is Cc1ccc(CC2CCC(C(=O)O)CC2)c(C)c1C. The van der Waals surface area contributed by atoms with Crippen molar-refractivity contribution in [2.45, 2.75) is 52.9 Å². The van der Waals surface area contributed by atoms with Crippen LogP contribution in [0.15, 0.2) is 12.1 Å². The Labute approximate surface area is 115 Å². The molecule has 0 unspecified atom stereocenters. The summed E-state index contributed by atoms with van der Waals surface area (Å²) in [6.45, 7) is 6.56. The van der Waals surface area contributed by atoms with Gasteiger partial charge in [0.05, 0.1) is 5.92 Å². The third-order valence-electron chi connectivity index (χ3n) is 4.87. The normalized spacial score (nSPS) is 23.3. The molecule has 1 N–H and O–H groups in total. The van der Waals surface area contributed by atoms with E-state index in [-0.39, 0.29) is 5.92 Å². The summed E-state index contributed by atoms with van der Waals surface area (Å²) in [5.41, 5.74) is 5.62. The van der Waals surface area contributed by atoms with Crippen LogP contribution in [0.4, 0.5) is 0 Å². The number of carboxylic acids is 1. The lowest BCUT2D eigenvalue weighted by molar-refractivity contribution is -0.143. The molecule has 0 aliphatic heterocycles. The average Bonchev–Trinajstić information content (AvgIpc) is 2.40. The first-order chi connectivity index (χ1) is 8.99. The van der Waals surface area contributed by atoms with Crippen molar-refractivity contribution in [2.75, 3.05) is 0 Å². The molecule has 0 saturated heterocycles. The number of aryl methyl sites for hydroxylation is 1. The van der Waals surface area contributed by atoms with Crippen molar-refractivity contribution in [3.8, 4) is 0 Å². The maximum atomic E-state index is 11.0. The molecule has 1 aliphatic carbocycles. The smallest absolute Gasteiger partial charge is 0.306 e. The van der Waals surface area contributed by atoms with Gasteiger partial charge in [-0.2, -0.15) is 0 Å². The summed E-state index contributed by atoms with van der Waals surface area (Å²) in [4.78, 5) is 11.0. The molecule has 0 radical (unpaired) electrons. The van der Waals surface area contributed by atoms with Gasteiger partial charge in [0.25, 0.3) is 0 Å². The monoisotopic (exact) mass is 260 g/mol. The van der Waals surface area contributed by atoms with E-state index in [1.54, 1.807) is 0 Å². The van der Waals surface area contributed by atoms with E-state index < -0.39 is 5.97 Å². The van der Waals surface area contributed by atoms with Gasteiger partial charge in [0, 0.05) is 0 Å². The van der Waals surface area contributed by atoms with E-state index in [0.29, 0.717) is 5.92 Å². The molecule has 0 atom stereocenters. The van der Waals surface area contributed by atoms with Crippen molar-refractivity contribution in [1.29, 1.82) is 0 Å². The van der Waals surface area contributed by atoms with E-state index in [1.165, 1.54) is 22.3 Å². The molecule has 0 aromatic heterocycles. The first-order valence-corrected chi connectivity index (χ1v) is 7.27. The molecule has 0 heterocycles. The van der Waals surface area contributed by atoms with Crippen LogP contribution in [0.5, 0.6) is 0 Å². The maximum Gasteiger partial charge on any atom is 0.306 e. The van der Waals surface area contributed by atoms with Gasteiger partial charge in [0.15, 0.2) is 0 Å². The maximum absolute atomic E-state index is 11.0. The Morgan fingerprint density at radius 2 is 1.74 bits per heavy atom. The highest BCUT2D eigenvalue weighted by Gasteiger charge is 2.26. The standard InChI is InChI=1S/C17H24O2/c1-11-4-7-16(13(3)12(11)2)10-14-5-8-15(9-6-14)17(18)19/h4,7,14-15H,5-6,8-10H2,1-3H3,(H,18,19). The highest BCUT2D eigenvalue weighted by atomic mass is 16.4. The minimum Gasteiger partial charge on any atom is -0.481 e. The summed E-state index contributed by atoms with van der Waals surface area (Å²) in [6.07, 6.45) is 4.93. The molecule has 2 nitrogen and oxygen atoms in total. The highest BCUT2D eigenvalue weighted by molar-refractivity contribution is 5.70. The first kappa shape index (κ1) is 14.1. The fourth-order valence-corrected chi connectivity index (χ4v) is 3.16. The molecular weight excluding hydrogens is 236 g/mol. The van der Waals surface area contributed by atoms with Gasteiger partial charge in [-0.15, -0.1) is 0 Å². The number of hydrogen-bond donors (Lipinski definition) is 1. The van der Waals surface area contributed by atoms with Crippen molar-refractivity contribution in [3.63, 3.8) is 0 Å². The highest BCUT2D eigenvalue weighted by Crippen LogP contribution is 2.32. The van der Waals surface area contributed by atoms with Crippen LogP contribution in [0, 0.1) is 32.6 Å². The molecular formula is C17H24O2. The summed E-state index contributed by atoms with van der Waals surface area (Å²) in [7, 11) is 0. The largest absolute Gasteiger partial charge is 0.481 e. The molecule has 0 amide bonds. The van der Waals surface area contributed by atoms with Crippen LogP contribution < -0.4 is 0 Å². The van der Waals surface area contributed by atoms with Crippen LogP contribution >= 0.6 is 0 Å². The third-order valence-corrected chi connectivity index (χ3v) is 4.87. The Bertz CT molecular complexity index is 468. The van der Waals surface area contributed by atoms with E-state index in [4.69, 9.17) is 5.11 Å². The number of aliphatic carboxylic acids is 1. The van der Waals surface area contributed by atoms with Gasteiger partial charge >= 0.3 is 5.97 Å². The lowest BCUT2D eigenvalue weighted by Crippen LogP contribution is -2.22. The fourth-order valence-electron chi connectivity index (χ4n) is 3.16. The Balaban J connectivity index is 2.00. The minimum absolute atomic E-state index is 0.0999. The molecule has 104 valence electrons. The number of hydrogen-bond acceptors (Lipinski definition) is 1. The van der Waals surface area contributed by atoms with E-state index in [1.807, 2.05) is 0 Å². The predicted molar refractivity (Wildman–Crippen MR) is 77.4 cm³/mol. The number of carboxylic acid groups (broad SMARTS) is 1. The molecule has 1 aliphatic rings. The van der Waals surface area contributed by atoms with Crippen molar-refractivity contribution >= 4 is 5.97 Å². The molecule has 19 heavy (non-hydrogen) atoms. The van der Waals surface area contributed by atoms with E-state index >= 15 is 0 Å². The number of rotatable bonds is 3. The van der Waals surface area contributed by atoms with E-state index in [9.17, 15) is 4.79 Å². The molecule has 0 spiro atoms. The lowest BCUT2D eigenvalue weighted by Gasteiger charge is -2.27. The van der Waals surface area contributed by atoms with Gasteiger partial charge in [-0.1, -0.05) is 12.1 Å². The van der Waals surface area contributed by atoms with Crippen molar-refractivity contribution in [2.24, 2.45) is 11.8 Å². The van der Waals surface area contributed by atoms with Crippen LogP contribution in [0.3, 0.4) is 0 Å². The zero-order valence-corrected chi connectivity index (χ0v) is 12.2. The average molecular weight is 260 g/mol. The third kappa shape index (κ3) is 3.17. The Morgan fingerprint density at radius 1 is 1.11 bits per heavy atom. The zero-order valence-electron chi connectivity index (χ0n) is 12.2. The van der Waals surface area contributed by atoms with Crippen molar-refractivity contribution in [3.05, 3.63) is 34.4 Å². The Morgan fingerprint density at radius 3 is 2.32 bits per heavy atom. The summed E-state index contributed by atoms with van der Waals surface area (Å²) in [6, 6.07) is 4.46. The first-order valence-electron chi connectivity index (χ1n) is 7.27. The molecule has 2 heteroatoms. The quantitative estimate of drug-likeness (QED) is 0.890. The van der Waals surface area contributed by atoms with Crippen LogP contribution in [-0.2, 0) is 11.2 Å². The molecule has 2 rings (SSSR count). The van der Waals surface area contributed by atoms with Crippen molar-refractivity contribution in [1.82, 2.24) is 0 Å². The van der Waals surface area contributed by atoms with Crippen LogP contribution in [0.1, 0.15) is 47.9 Å². The molecule has 1 fully saturated rings. The molecule has 0 bridgehead atoms. The van der Waals surface area contributed by atoms with Gasteiger partial charge < -0.3 is 5.11 Å². The Hall–Kier alpha value is -1.31. The van der Waals surface area contributed by atoms with Gasteiger partial charge in [0.2, 0.25) is 0 Å². The fraction of sp³-hybridized carbons (Fsp3) is 0.588. The predicted octanol–water partition coefficient (Wildman–Crippen LogP) is 4.05. The van der Waals surface area contributed by atoms with Crippen LogP contribution in [0.2, 0.25) is 0 Å². The lowest BCUT2D eigenvalue weighted by atomic mass is 9.78. The van der Waals surface area contributed by atoms with E-state index in [2.05, 4.69) is 32.9 Å². The van der Waals surface area contributed by atoms with Crippen LogP contribution in [-0.4, -0.2) is 11.1 Å². The summed E-state index contributed by atoms with van der Waals surface area (Å²) in [5.74, 6) is -0.0469. The van der Waals surface area contributed by atoms with Gasteiger partial charge in [0.1, 0.15) is 0 Å². The molecule has 1 saturated carbocycles. The molecule has 1 aromatic rings. The number of benzene rings is 1. The minimum atomic E-state index is -0.610. The second-order valence-corrected chi connectivity index (χ2v) is 6.05. The summed E-state index contributed by atoms with van der Waals surface area (Å²) < 4.78 is 0. The van der Waals surface area contributed by atoms with Crippen molar-refractivity contribution < 1.29 is 9.90 Å². The van der Waals surface area contributed by atoms with Gasteiger partial charge in [-0.05, 0) is 81.0 Å². The second kappa shape index (κ2) is 5.77. The Kier molecular flexibility index (Phi) is 4.28. The topological polar surface area (TPSA) is 37.3 Å². The van der Waals surface area contributed by atoms with Gasteiger partial charge in [-0.3, -0.25) is 4.79 Å². The van der Waals surface area contributed by atoms with Crippen LogP contribution in [0.25, 0.3) is 0 Å². The second-order valence-electron chi connectivity index (χ2n) is 6.05. The summed E-state index contributed by atoms with van der Waals surface area (Å²) >= 11 is 0. The number of carbonyl (C=O) groups is 1. The van der Waals surface area contributed by atoms with E-state index in [0.717, 1.165) is 32.1 Å². The summed E-state index contributed by atoms with van der Waals surface area (Å²) in [5, 5.41) is 9.03. The molecule has 1 aromatic carbocycles. The zero-order chi connectivity index (χ0) is 14.0.